The number of hydrogen-bond acceptors (Lipinski definition) is 2. The van der Waals surface area contributed by atoms with Crippen LogP contribution in [0.1, 0.15) is 38.2 Å². The van der Waals surface area contributed by atoms with Crippen LogP contribution in [0, 0.1) is 5.92 Å². The van der Waals surface area contributed by atoms with E-state index >= 15 is 0 Å². The van der Waals surface area contributed by atoms with Gasteiger partial charge >= 0.3 is 0 Å². The van der Waals surface area contributed by atoms with Crippen molar-refractivity contribution in [3.63, 3.8) is 0 Å². The zero-order chi connectivity index (χ0) is 12.3. The Kier molecular flexibility index (Phi) is 4.30. The van der Waals surface area contributed by atoms with Crippen molar-refractivity contribution in [1.82, 2.24) is 5.32 Å². The van der Waals surface area contributed by atoms with E-state index in [9.17, 15) is 5.11 Å². The van der Waals surface area contributed by atoms with E-state index in [4.69, 9.17) is 11.6 Å². The van der Waals surface area contributed by atoms with Crippen LogP contribution in [-0.2, 0) is 6.54 Å². The zero-order valence-corrected chi connectivity index (χ0v) is 11.0. The summed E-state index contributed by atoms with van der Waals surface area (Å²) in [4.78, 5) is 0. The molecule has 0 bridgehead atoms. The summed E-state index contributed by atoms with van der Waals surface area (Å²) < 4.78 is 0. The maximum absolute atomic E-state index is 9.80. The second kappa shape index (κ2) is 5.74. The molecule has 94 valence electrons. The van der Waals surface area contributed by atoms with Gasteiger partial charge in [-0.1, -0.05) is 30.7 Å². The van der Waals surface area contributed by atoms with Gasteiger partial charge in [-0.3, -0.25) is 0 Å². The van der Waals surface area contributed by atoms with Crippen molar-refractivity contribution in [2.75, 3.05) is 0 Å². The van der Waals surface area contributed by atoms with Gasteiger partial charge < -0.3 is 10.4 Å². The third-order valence-corrected chi connectivity index (χ3v) is 3.97. The Hall–Kier alpha value is -0.730. The number of hydrogen-bond donors (Lipinski definition) is 2. The highest BCUT2D eigenvalue weighted by Crippen LogP contribution is 2.28. The molecule has 1 aromatic carbocycles. The van der Waals surface area contributed by atoms with E-state index in [2.05, 4.69) is 12.2 Å². The lowest BCUT2D eigenvalue weighted by Gasteiger charge is -2.27. The predicted molar refractivity (Wildman–Crippen MR) is 71.4 cm³/mol. The van der Waals surface area contributed by atoms with Gasteiger partial charge in [0.15, 0.2) is 0 Å². The van der Waals surface area contributed by atoms with Crippen LogP contribution < -0.4 is 5.32 Å². The lowest BCUT2D eigenvalue weighted by molar-refractivity contribution is 0.305. The molecular formula is C14H20ClNO. The molecule has 0 amide bonds. The summed E-state index contributed by atoms with van der Waals surface area (Å²) in [6.45, 7) is 3.02. The maximum atomic E-state index is 9.80. The molecule has 2 nitrogen and oxygen atoms in total. The fraction of sp³-hybridized carbons (Fsp3) is 0.571. The lowest BCUT2D eigenvalue weighted by atomic mass is 9.87. The van der Waals surface area contributed by atoms with Crippen LogP contribution in [0.2, 0.25) is 5.02 Å². The minimum Gasteiger partial charge on any atom is -0.506 e. The van der Waals surface area contributed by atoms with E-state index < -0.39 is 0 Å². The SMILES string of the molecule is CC1CCC(NCc2cccc(Cl)c2O)CC1. The first-order chi connectivity index (χ1) is 8.16. The Morgan fingerprint density at radius 2 is 2.00 bits per heavy atom. The molecule has 17 heavy (non-hydrogen) atoms. The highest BCUT2D eigenvalue weighted by molar-refractivity contribution is 6.32. The number of nitrogens with one attached hydrogen (secondary N) is 1. The number of para-hydroxylation sites is 1. The Labute approximate surface area is 108 Å². The normalized spacial score (nSPS) is 24.8. The predicted octanol–water partition coefficient (Wildman–Crippen LogP) is 3.71. The highest BCUT2D eigenvalue weighted by Gasteiger charge is 2.17. The van der Waals surface area contributed by atoms with Gasteiger partial charge in [0.25, 0.3) is 0 Å². The Bertz CT molecular complexity index is 372. The van der Waals surface area contributed by atoms with Crippen LogP contribution in [-0.4, -0.2) is 11.1 Å². The second-order valence-electron chi connectivity index (χ2n) is 5.09. The van der Waals surface area contributed by atoms with Gasteiger partial charge in [-0.15, -0.1) is 0 Å². The molecule has 1 saturated carbocycles. The van der Waals surface area contributed by atoms with Crippen LogP contribution in [0.15, 0.2) is 18.2 Å². The van der Waals surface area contributed by atoms with Crippen molar-refractivity contribution < 1.29 is 5.11 Å². The fourth-order valence-electron chi connectivity index (χ4n) is 2.42. The highest BCUT2D eigenvalue weighted by atomic mass is 35.5. The first-order valence-corrected chi connectivity index (χ1v) is 6.74. The summed E-state index contributed by atoms with van der Waals surface area (Å²) in [5, 5.41) is 13.7. The monoisotopic (exact) mass is 253 g/mol. The summed E-state index contributed by atoms with van der Waals surface area (Å²) in [6, 6.07) is 6.09. The van der Waals surface area contributed by atoms with Crippen LogP contribution in [0.4, 0.5) is 0 Å². The van der Waals surface area contributed by atoms with Crippen molar-refractivity contribution in [3.8, 4) is 5.75 Å². The van der Waals surface area contributed by atoms with Crippen LogP contribution in [0.5, 0.6) is 5.75 Å². The van der Waals surface area contributed by atoms with Crippen LogP contribution >= 0.6 is 11.6 Å². The molecule has 0 heterocycles. The molecule has 1 fully saturated rings. The number of aromatic hydroxyl groups is 1. The second-order valence-corrected chi connectivity index (χ2v) is 5.49. The lowest BCUT2D eigenvalue weighted by Crippen LogP contribution is -2.32. The number of rotatable bonds is 3. The molecule has 0 spiro atoms. The summed E-state index contributed by atoms with van der Waals surface area (Å²) in [7, 11) is 0. The molecule has 1 aliphatic rings. The van der Waals surface area contributed by atoms with Gasteiger partial charge in [-0.25, -0.2) is 0 Å². The molecule has 2 rings (SSSR count). The first-order valence-electron chi connectivity index (χ1n) is 6.36. The van der Waals surface area contributed by atoms with Gasteiger partial charge in [0.05, 0.1) is 5.02 Å². The molecule has 0 unspecified atom stereocenters. The molecule has 2 N–H and O–H groups in total. The van der Waals surface area contributed by atoms with Crippen molar-refractivity contribution in [2.24, 2.45) is 5.92 Å². The van der Waals surface area contributed by atoms with E-state index in [1.807, 2.05) is 12.1 Å². The molecule has 0 radical (unpaired) electrons. The zero-order valence-electron chi connectivity index (χ0n) is 10.2. The molecule has 1 aliphatic carbocycles. The Morgan fingerprint density at radius 3 is 2.71 bits per heavy atom. The van der Waals surface area contributed by atoms with Gasteiger partial charge in [0.2, 0.25) is 0 Å². The maximum Gasteiger partial charge on any atom is 0.138 e. The Balaban J connectivity index is 1.87. The number of phenolic OH excluding ortho intramolecular Hbond substituents is 1. The van der Waals surface area contributed by atoms with Gasteiger partial charge in [-0.2, -0.15) is 0 Å². The van der Waals surface area contributed by atoms with E-state index in [0.717, 1.165) is 11.5 Å². The van der Waals surface area contributed by atoms with Gasteiger partial charge in [0.1, 0.15) is 5.75 Å². The molecule has 1 aromatic rings. The van der Waals surface area contributed by atoms with Crippen LogP contribution in [0.3, 0.4) is 0 Å². The Morgan fingerprint density at radius 1 is 1.29 bits per heavy atom. The van der Waals surface area contributed by atoms with Crippen molar-refractivity contribution in [1.29, 1.82) is 0 Å². The number of benzene rings is 1. The average Bonchev–Trinajstić information content (AvgIpc) is 2.33. The molecule has 0 saturated heterocycles. The standard InChI is InChI=1S/C14H20ClNO/c1-10-5-7-12(8-6-10)16-9-11-3-2-4-13(15)14(11)17/h2-4,10,12,16-17H,5-9H2,1H3. The van der Waals surface area contributed by atoms with E-state index in [1.165, 1.54) is 25.7 Å². The molecular weight excluding hydrogens is 234 g/mol. The van der Waals surface area contributed by atoms with Crippen LogP contribution in [0.25, 0.3) is 0 Å². The van der Waals surface area contributed by atoms with Crippen molar-refractivity contribution in [2.45, 2.75) is 45.2 Å². The minimum absolute atomic E-state index is 0.214. The van der Waals surface area contributed by atoms with E-state index in [0.29, 0.717) is 17.6 Å². The largest absolute Gasteiger partial charge is 0.506 e. The van der Waals surface area contributed by atoms with E-state index in [1.54, 1.807) is 6.07 Å². The van der Waals surface area contributed by atoms with Crippen molar-refractivity contribution in [3.05, 3.63) is 28.8 Å². The number of halogens is 1. The summed E-state index contributed by atoms with van der Waals surface area (Å²) >= 11 is 5.88. The summed E-state index contributed by atoms with van der Waals surface area (Å²) in [6.07, 6.45) is 5.09. The summed E-state index contributed by atoms with van der Waals surface area (Å²) in [5.41, 5.74) is 0.885. The number of phenols is 1. The first kappa shape index (κ1) is 12.7. The van der Waals surface area contributed by atoms with Crippen molar-refractivity contribution >= 4 is 11.6 Å². The molecule has 0 atom stereocenters. The fourth-order valence-corrected chi connectivity index (χ4v) is 2.62. The third-order valence-electron chi connectivity index (χ3n) is 3.67. The topological polar surface area (TPSA) is 32.3 Å². The molecule has 0 aromatic heterocycles. The molecule has 0 aliphatic heterocycles. The molecule has 3 heteroatoms. The van der Waals surface area contributed by atoms with E-state index in [-0.39, 0.29) is 5.75 Å². The smallest absolute Gasteiger partial charge is 0.138 e. The average molecular weight is 254 g/mol. The third kappa shape index (κ3) is 3.36. The quantitative estimate of drug-likeness (QED) is 0.861. The summed E-state index contributed by atoms with van der Waals surface area (Å²) in [5.74, 6) is 1.08. The van der Waals surface area contributed by atoms with Gasteiger partial charge in [0, 0.05) is 18.2 Å². The minimum atomic E-state index is 0.214. The van der Waals surface area contributed by atoms with Gasteiger partial charge in [-0.05, 0) is 37.7 Å².